The number of carboxylic acids is 1. The maximum Gasteiger partial charge on any atom is 0.326 e. The van der Waals surface area contributed by atoms with Gasteiger partial charge in [0.15, 0.2) is 17.7 Å². The first kappa shape index (κ1) is 58.7. The van der Waals surface area contributed by atoms with Crippen molar-refractivity contribution in [1.82, 2.24) is 36.9 Å². The molecule has 1 saturated heterocycles. The highest BCUT2D eigenvalue weighted by Crippen LogP contribution is 2.26. The van der Waals surface area contributed by atoms with Crippen molar-refractivity contribution in [3.63, 3.8) is 0 Å². The number of carboxylic acid groups (broad SMARTS) is 1. The van der Waals surface area contributed by atoms with Crippen LogP contribution in [0.3, 0.4) is 0 Å². The van der Waals surface area contributed by atoms with Crippen LogP contribution in [0.1, 0.15) is 89.2 Å². The second-order valence-corrected chi connectivity index (χ2v) is 18.4. The molecule has 74 heavy (non-hydrogen) atoms. The molecule has 0 bridgehead atoms. The molecule has 1 aromatic heterocycles. The zero-order valence-corrected chi connectivity index (χ0v) is 41.8. The fourth-order valence-electron chi connectivity index (χ4n) is 8.56. The molecule has 17 N–H and O–H groups in total. The van der Waals surface area contributed by atoms with Gasteiger partial charge in [-0.15, -0.1) is 0 Å². The summed E-state index contributed by atoms with van der Waals surface area (Å²) in [6.45, 7) is 2.54. The highest BCUT2D eigenvalue weighted by Gasteiger charge is 2.37. The summed E-state index contributed by atoms with van der Waals surface area (Å²) in [5, 5.41) is 37.3. The van der Waals surface area contributed by atoms with Crippen LogP contribution in [0.4, 0.5) is 0 Å². The second kappa shape index (κ2) is 29.6. The van der Waals surface area contributed by atoms with Crippen LogP contribution in [0.5, 0.6) is 0 Å². The lowest BCUT2D eigenvalue weighted by atomic mass is 9.83. The van der Waals surface area contributed by atoms with Crippen molar-refractivity contribution in [2.24, 2.45) is 44.8 Å². The Morgan fingerprint density at radius 1 is 0.770 bits per heavy atom. The molecule has 3 aromatic rings. The Labute approximate surface area is 428 Å². The highest BCUT2D eigenvalue weighted by molar-refractivity contribution is 5.99. The van der Waals surface area contributed by atoms with Crippen molar-refractivity contribution in [2.45, 2.75) is 127 Å². The van der Waals surface area contributed by atoms with E-state index in [1.807, 2.05) is 24.3 Å². The average Bonchev–Trinajstić information content (AvgIpc) is 3.75. The highest BCUT2D eigenvalue weighted by atomic mass is 16.4. The Morgan fingerprint density at radius 2 is 1.43 bits per heavy atom. The lowest BCUT2D eigenvalue weighted by Crippen LogP contribution is -2.60. The van der Waals surface area contributed by atoms with E-state index in [0.29, 0.717) is 11.1 Å². The lowest BCUT2D eigenvalue weighted by Gasteiger charge is -2.28. The van der Waals surface area contributed by atoms with Gasteiger partial charge in [-0.2, -0.15) is 0 Å². The number of amides is 6. The number of nitrogens with one attached hydrogen (secondary N) is 7. The molecule has 1 aliphatic rings. The number of hydrogen-bond acceptors (Lipinski definition) is 12. The number of para-hydroxylation sites is 1. The Balaban J connectivity index is 1.76. The molecule has 6 amide bonds. The van der Waals surface area contributed by atoms with Crippen LogP contribution >= 0.6 is 0 Å². The molecular formula is C50H71N13O11. The van der Waals surface area contributed by atoms with Crippen molar-refractivity contribution in [1.29, 1.82) is 0 Å². The Bertz CT molecular complexity index is 2490. The number of hydrogen-bond donors (Lipinski definition) is 13. The van der Waals surface area contributed by atoms with E-state index in [1.54, 1.807) is 36.5 Å². The number of benzene rings is 2. The number of carbonyl (C=O) groups excluding carboxylic acids is 8. The Morgan fingerprint density at radius 3 is 2.09 bits per heavy atom. The van der Waals surface area contributed by atoms with Gasteiger partial charge in [0.05, 0.1) is 18.6 Å². The Hall–Kier alpha value is -7.89. The van der Waals surface area contributed by atoms with Gasteiger partial charge < -0.3 is 70.0 Å². The number of aromatic nitrogens is 1. The average molecular weight is 1030 g/mol. The van der Waals surface area contributed by atoms with Crippen molar-refractivity contribution in [3.8, 4) is 0 Å². The standard InChI is InChI=1S/C50H71N13O11/c1-28(64)43-47(72)61-38(22-30-12-4-3-5-13-30)41(67)24-31(14-10-20-56-49(51)52)40(66)25-32(23-33-27-58-35-16-7-6-15-34(33)35)44(69)60-37(48(73)74)17-8-9-19-55-42(68)26-39(46(71)63-43)62-45(70)36(59-29(2)65)18-11-21-57-50(53)54/h3-7,12-13,15-16,27-28,31-32,36-39,43,58,64H,8-11,14,17-26H2,1-2H3,(H,55,68)(H,59,65)(H,60,69)(H,61,72)(H,62,70)(H,63,71)(H,73,74)(H4,51,52,56)(H4,53,54,57)/t28-,31-,32-,36+,37+,38-,39+,43+/m1/s1. The zero-order valence-electron chi connectivity index (χ0n) is 41.8. The number of ketones is 2. The summed E-state index contributed by atoms with van der Waals surface area (Å²) in [5.74, 6) is -10.1. The first-order chi connectivity index (χ1) is 35.2. The van der Waals surface area contributed by atoms with Gasteiger partial charge in [-0.3, -0.25) is 48.3 Å². The molecule has 24 nitrogen and oxygen atoms in total. The number of H-pyrrole nitrogens is 1. The largest absolute Gasteiger partial charge is 0.480 e. The van der Waals surface area contributed by atoms with Gasteiger partial charge in [0, 0.05) is 68.3 Å². The number of aliphatic hydroxyl groups is 1. The molecule has 0 spiro atoms. The van der Waals surface area contributed by atoms with Crippen LogP contribution in [0, 0.1) is 11.8 Å². The van der Waals surface area contributed by atoms with Crippen molar-refractivity contribution >= 4 is 75.8 Å². The van der Waals surface area contributed by atoms with Crippen molar-refractivity contribution < 1.29 is 53.4 Å². The summed E-state index contributed by atoms with van der Waals surface area (Å²) in [7, 11) is 0. The van der Waals surface area contributed by atoms with Gasteiger partial charge in [-0.1, -0.05) is 48.5 Å². The van der Waals surface area contributed by atoms with Crippen LogP contribution in [-0.4, -0.2) is 136 Å². The smallest absolute Gasteiger partial charge is 0.326 e. The van der Waals surface area contributed by atoms with Gasteiger partial charge >= 0.3 is 5.97 Å². The molecule has 2 aromatic carbocycles. The minimum absolute atomic E-state index is 0.00350. The number of fused-ring (bicyclic) bond motifs is 1. The minimum Gasteiger partial charge on any atom is -0.480 e. The van der Waals surface area contributed by atoms with Crippen molar-refractivity contribution in [2.75, 3.05) is 19.6 Å². The number of rotatable bonds is 17. The van der Waals surface area contributed by atoms with Crippen LogP contribution < -0.4 is 54.8 Å². The van der Waals surface area contributed by atoms with E-state index in [0.717, 1.165) is 10.9 Å². The van der Waals surface area contributed by atoms with E-state index in [9.17, 15) is 53.4 Å². The number of aliphatic imine (C=N–C) groups is 2. The predicted molar refractivity (Wildman–Crippen MR) is 274 cm³/mol. The number of aromatic amines is 1. The molecule has 2 heterocycles. The van der Waals surface area contributed by atoms with E-state index in [2.05, 4.69) is 46.9 Å². The van der Waals surface area contributed by atoms with E-state index >= 15 is 0 Å². The summed E-state index contributed by atoms with van der Waals surface area (Å²) >= 11 is 0. The predicted octanol–water partition coefficient (Wildman–Crippen LogP) is -1.19. The molecule has 1 aliphatic heterocycles. The molecule has 0 radical (unpaired) electrons. The van der Waals surface area contributed by atoms with E-state index in [1.165, 1.54) is 13.8 Å². The zero-order chi connectivity index (χ0) is 54.3. The van der Waals surface area contributed by atoms with Gasteiger partial charge in [0.2, 0.25) is 35.4 Å². The van der Waals surface area contributed by atoms with Crippen LogP contribution in [0.15, 0.2) is 70.8 Å². The molecule has 0 saturated carbocycles. The molecule has 0 aliphatic carbocycles. The van der Waals surface area contributed by atoms with Gasteiger partial charge in [0.1, 0.15) is 30.0 Å². The lowest BCUT2D eigenvalue weighted by molar-refractivity contribution is -0.143. The number of carbonyl (C=O) groups is 9. The normalized spacial score (nSPS) is 21.9. The van der Waals surface area contributed by atoms with E-state index < -0.39 is 120 Å². The third kappa shape index (κ3) is 19.6. The van der Waals surface area contributed by atoms with Gasteiger partial charge in [-0.25, -0.2) is 4.79 Å². The number of aliphatic hydroxyl groups excluding tert-OH is 1. The third-order valence-electron chi connectivity index (χ3n) is 12.4. The van der Waals surface area contributed by atoms with Gasteiger partial charge in [-0.05, 0) is 81.9 Å². The first-order valence-electron chi connectivity index (χ1n) is 24.6. The molecule has 24 heteroatoms. The number of nitrogens with two attached hydrogens (primary N) is 4. The number of aliphatic carboxylic acids is 1. The molecule has 4 rings (SSSR count). The monoisotopic (exact) mass is 1030 g/mol. The quantitative estimate of drug-likeness (QED) is 0.0430. The topological polar surface area (TPSA) is 411 Å². The van der Waals surface area contributed by atoms with Crippen LogP contribution in [0.25, 0.3) is 10.9 Å². The van der Waals surface area contributed by atoms with Crippen molar-refractivity contribution in [3.05, 3.63) is 71.9 Å². The summed E-state index contributed by atoms with van der Waals surface area (Å²) in [6.07, 6.45) is -0.731. The van der Waals surface area contributed by atoms with Gasteiger partial charge in [0.25, 0.3) is 0 Å². The minimum atomic E-state index is -1.77. The van der Waals surface area contributed by atoms with E-state index in [-0.39, 0.29) is 89.3 Å². The number of nitrogens with zero attached hydrogens (tertiary/aromatic N) is 2. The summed E-state index contributed by atoms with van der Waals surface area (Å²) in [5.41, 5.74) is 24.0. The number of Topliss-reactive ketones (excluding diaryl/α,β-unsaturated/α-hetero) is 2. The summed E-state index contributed by atoms with van der Waals surface area (Å²) in [6, 6.07) is 8.46. The molecule has 402 valence electrons. The maximum atomic E-state index is 14.7. The molecule has 0 unspecified atom stereocenters. The fourth-order valence-corrected chi connectivity index (χ4v) is 8.56. The fraction of sp³-hybridized carbons (Fsp3) is 0.500. The maximum absolute atomic E-state index is 14.7. The second-order valence-electron chi connectivity index (χ2n) is 18.4. The first-order valence-corrected chi connectivity index (χ1v) is 24.6. The Kier molecular flexibility index (Phi) is 23.5. The van der Waals surface area contributed by atoms with Crippen LogP contribution in [0.2, 0.25) is 0 Å². The molecular weight excluding hydrogens is 959 g/mol. The molecule has 8 atom stereocenters. The molecule has 1 fully saturated rings. The SMILES string of the molecule is CC(=O)N[C@@H](CCCN=C(N)N)C(=O)N[C@H]1CC(=O)NCCCC[C@@H](C(=O)O)NC(=O)[C@H](Cc2c[nH]c3ccccc23)CC(=O)[C@H](CCCN=C(N)N)CC(=O)[C@@H](Cc2ccccc2)NC(=O)[C@H]([C@@H](C)O)NC1=O. The van der Waals surface area contributed by atoms with Crippen LogP contribution in [-0.2, 0) is 56.0 Å². The van der Waals surface area contributed by atoms with E-state index in [4.69, 9.17) is 22.9 Å². The third-order valence-corrected chi connectivity index (χ3v) is 12.4. The summed E-state index contributed by atoms with van der Waals surface area (Å²) in [4.78, 5) is 135. The number of guanidine groups is 2. The summed E-state index contributed by atoms with van der Waals surface area (Å²) < 4.78 is 0.